The zero-order valence-corrected chi connectivity index (χ0v) is 7.34. The molecule has 0 aromatic heterocycles. The smallest absolute Gasteiger partial charge is 0.160 e. The Balaban J connectivity index is 2.63. The van der Waals surface area contributed by atoms with Gasteiger partial charge in [0.1, 0.15) is 6.10 Å². The van der Waals surface area contributed by atoms with E-state index in [0.717, 1.165) is 0 Å². The van der Waals surface area contributed by atoms with Gasteiger partial charge in [0, 0.05) is 5.92 Å². The van der Waals surface area contributed by atoms with E-state index in [2.05, 4.69) is 0 Å². The molecule has 0 aromatic carbocycles. The highest BCUT2D eigenvalue weighted by molar-refractivity contribution is 4.85. The van der Waals surface area contributed by atoms with E-state index in [0.29, 0.717) is 6.42 Å². The second-order valence-corrected chi connectivity index (χ2v) is 3.31. The maximum Gasteiger partial charge on any atom is 0.160 e. The molecule has 1 rings (SSSR count). The normalized spacial score (nSPS) is 49.2. The highest BCUT2D eigenvalue weighted by Gasteiger charge is 2.40. The van der Waals surface area contributed by atoms with Crippen molar-refractivity contribution in [3.05, 3.63) is 0 Å². The van der Waals surface area contributed by atoms with Gasteiger partial charge >= 0.3 is 0 Å². The van der Waals surface area contributed by atoms with Crippen LogP contribution in [0.3, 0.4) is 0 Å². The molecule has 0 amide bonds. The minimum atomic E-state index is -0.964. The Kier molecular flexibility index (Phi) is 3.06. The Bertz CT molecular complexity index is 145. The monoisotopic (exact) mass is 176 g/mol. The molecular weight excluding hydrogens is 160 g/mol. The summed E-state index contributed by atoms with van der Waals surface area (Å²) in [6.07, 6.45) is -2.60. The molecule has 3 unspecified atom stereocenters. The molecule has 0 aliphatic carbocycles. The molecule has 0 bridgehead atoms. The molecule has 1 fully saturated rings. The van der Waals surface area contributed by atoms with Crippen LogP contribution in [-0.2, 0) is 4.74 Å². The molecule has 0 aromatic rings. The molecule has 0 radical (unpaired) electrons. The fourth-order valence-electron chi connectivity index (χ4n) is 1.42. The van der Waals surface area contributed by atoms with Crippen LogP contribution in [0.15, 0.2) is 0 Å². The van der Waals surface area contributed by atoms with Crippen LogP contribution in [0.1, 0.15) is 20.3 Å². The lowest BCUT2D eigenvalue weighted by molar-refractivity contribution is -0.260. The SMILES string of the molecule is CCC1O[C@H](O)C(C)C(O)[C@@H]1O. The van der Waals surface area contributed by atoms with Gasteiger partial charge < -0.3 is 20.1 Å². The van der Waals surface area contributed by atoms with Crippen molar-refractivity contribution < 1.29 is 20.1 Å². The standard InChI is InChI=1S/C8H16O4/c1-3-5-7(10)6(9)4(2)8(11)12-5/h4-11H,3H2,1-2H3/t4?,5?,6?,7-,8+/m1/s1. The number of aliphatic hydroxyl groups is 3. The van der Waals surface area contributed by atoms with E-state index in [1.807, 2.05) is 6.92 Å². The molecule has 3 N–H and O–H groups in total. The van der Waals surface area contributed by atoms with Gasteiger partial charge in [0.2, 0.25) is 0 Å². The van der Waals surface area contributed by atoms with Gasteiger partial charge in [-0.05, 0) is 6.42 Å². The van der Waals surface area contributed by atoms with E-state index >= 15 is 0 Å². The van der Waals surface area contributed by atoms with Gasteiger partial charge in [0.15, 0.2) is 6.29 Å². The lowest BCUT2D eigenvalue weighted by atomic mass is 9.91. The fourth-order valence-corrected chi connectivity index (χ4v) is 1.42. The Morgan fingerprint density at radius 2 is 1.75 bits per heavy atom. The first-order valence-electron chi connectivity index (χ1n) is 4.27. The van der Waals surface area contributed by atoms with Crippen LogP contribution < -0.4 is 0 Å². The Morgan fingerprint density at radius 3 is 2.25 bits per heavy atom. The van der Waals surface area contributed by atoms with Gasteiger partial charge in [-0.3, -0.25) is 0 Å². The average Bonchev–Trinajstić information content (AvgIpc) is 2.08. The van der Waals surface area contributed by atoms with Crippen molar-refractivity contribution in [2.45, 2.75) is 44.9 Å². The molecule has 12 heavy (non-hydrogen) atoms. The minimum absolute atomic E-state index is 0.428. The Morgan fingerprint density at radius 1 is 1.17 bits per heavy atom. The second-order valence-electron chi connectivity index (χ2n) is 3.31. The summed E-state index contributed by atoms with van der Waals surface area (Å²) < 4.78 is 5.08. The van der Waals surface area contributed by atoms with E-state index < -0.39 is 30.5 Å². The van der Waals surface area contributed by atoms with Gasteiger partial charge in [-0.25, -0.2) is 0 Å². The molecule has 72 valence electrons. The topological polar surface area (TPSA) is 69.9 Å². The summed E-state index contributed by atoms with van der Waals surface area (Å²) in [5.41, 5.74) is 0. The molecule has 0 spiro atoms. The number of aliphatic hydroxyl groups excluding tert-OH is 3. The summed E-state index contributed by atoms with van der Waals surface area (Å²) >= 11 is 0. The third kappa shape index (κ3) is 1.61. The van der Waals surface area contributed by atoms with E-state index in [-0.39, 0.29) is 0 Å². The van der Waals surface area contributed by atoms with Crippen molar-refractivity contribution in [1.29, 1.82) is 0 Å². The summed E-state index contributed by atoms with van der Waals surface area (Å²) in [7, 11) is 0. The molecule has 1 saturated heterocycles. The van der Waals surface area contributed by atoms with Crippen molar-refractivity contribution >= 4 is 0 Å². The third-order valence-electron chi connectivity index (χ3n) is 2.44. The summed E-state index contributed by atoms with van der Waals surface area (Å²) in [5.74, 6) is -0.428. The van der Waals surface area contributed by atoms with Gasteiger partial charge in [-0.15, -0.1) is 0 Å². The largest absolute Gasteiger partial charge is 0.390 e. The summed E-state index contributed by atoms with van der Waals surface area (Å²) in [6, 6.07) is 0. The predicted octanol–water partition coefficient (Wildman–Crippen LogP) is -0.528. The first-order valence-corrected chi connectivity index (χ1v) is 4.27. The van der Waals surface area contributed by atoms with Crippen molar-refractivity contribution in [2.75, 3.05) is 0 Å². The molecule has 1 aliphatic heterocycles. The number of hydrogen-bond acceptors (Lipinski definition) is 4. The predicted molar refractivity (Wildman–Crippen MR) is 42.3 cm³/mol. The maximum atomic E-state index is 9.44. The van der Waals surface area contributed by atoms with E-state index in [9.17, 15) is 15.3 Å². The first-order chi connectivity index (χ1) is 5.57. The Hall–Kier alpha value is -0.160. The maximum absolute atomic E-state index is 9.44. The van der Waals surface area contributed by atoms with Gasteiger partial charge in [0.25, 0.3) is 0 Å². The molecule has 0 saturated carbocycles. The summed E-state index contributed by atoms with van der Waals surface area (Å²) in [6.45, 7) is 3.48. The highest BCUT2D eigenvalue weighted by Crippen LogP contribution is 2.25. The zero-order chi connectivity index (χ0) is 9.30. The minimum Gasteiger partial charge on any atom is -0.390 e. The van der Waals surface area contributed by atoms with Gasteiger partial charge in [0.05, 0.1) is 12.2 Å². The second kappa shape index (κ2) is 3.70. The van der Waals surface area contributed by atoms with Crippen LogP contribution in [0.5, 0.6) is 0 Å². The van der Waals surface area contributed by atoms with Gasteiger partial charge in [-0.2, -0.15) is 0 Å². The van der Waals surface area contributed by atoms with Crippen LogP contribution in [-0.4, -0.2) is 39.9 Å². The number of hydrogen-bond donors (Lipinski definition) is 3. The van der Waals surface area contributed by atoms with Crippen molar-refractivity contribution in [3.63, 3.8) is 0 Å². The van der Waals surface area contributed by atoms with Crippen LogP contribution >= 0.6 is 0 Å². The number of ether oxygens (including phenoxy) is 1. The lowest BCUT2D eigenvalue weighted by Crippen LogP contribution is -2.53. The highest BCUT2D eigenvalue weighted by atomic mass is 16.6. The van der Waals surface area contributed by atoms with E-state index in [1.54, 1.807) is 6.92 Å². The van der Waals surface area contributed by atoms with E-state index in [4.69, 9.17) is 4.74 Å². The van der Waals surface area contributed by atoms with Crippen LogP contribution in [0.4, 0.5) is 0 Å². The lowest BCUT2D eigenvalue weighted by Gasteiger charge is -2.38. The quantitative estimate of drug-likeness (QED) is 0.502. The molecule has 4 heteroatoms. The molecule has 1 aliphatic rings. The molecular formula is C8H16O4. The average molecular weight is 176 g/mol. The van der Waals surface area contributed by atoms with Crippen molar-refractivity contribution in [2.24, 2.45) is 5.92 Å². The van der Waals surface area contributed by atoms with Crippen LogP contribution in [0, 0.1) is 5.92 Å². The third-order valence-corrected chi connectivity index (χ3v) is 2.44. The zero-order valence-electron chi connectivity index (χ0n) is 7.34. The van der Waals surface area contributed by atoms with Crippen LogP contribution in [0.2, 0.25) is 0 Å². The van der Waals surface area contributed by atoms with Gasteiger partial charge in [-0.1, -0.05) is 13.8 Å². The van der Waals surface area contributed by atoms with Crippen LogP contribution in [0.25, 0.3) is 0 Å². The summed E-state index contributed by atoms with van der Waals surface area (Å²) in [4.78, 5) is 0. The van der Waals surface area contributed by atoms with Crippen molar-refractivity contribution in [1.82, 2.24) is 0 Å². The molecule has 5 atom stereocenters. The number of rotatable bonds is 1. The fraction of sp³-hybridized carbons (Fsp3) is 1.00. The first kappa shape index (κ1) is 9.92. The molecule has 1 heterocycles. The summed E-state index contributed by atoms with van der Waals surface area (Å²) in [5, 5.41) is 28.1. The van der Waals surface area contributed by atoms with E-state index in [1.165, 1.54) is 0 Å². The molecule has 4 nitrogen and oxygen atoms in total. The van der Waals surface area contributed by atoms with Crippen molar-refractivity contribution in [3.8, 4) is 0 Å². The Labute approximate surface area is 71.8 Å².